The Kier molecular flexibility index (Phi) is 3.60. The van der Waals surface area contributed by atoms with Crippen molar-refractivity contribution in [2.24, 2.45) is 0 Å². The molecule has 1 unspecified atom stereocenters. The Bertz CT molecular complexity index is 635. The zero-order valence-electron chi connectivity index (χ0n) is 12.9. The summed E-state index contributed by atoms with van der Waals surface area (Å²) in [6.07, 6.45) is 1.79. The van der Waals surface area contributed by atoms with E-state index in [0.29, 0.717) is 12.1 Å². The van der Waals surface area contributed by atoms with Crippen molar-refractivity contribution in [2.75, 3.05) is 11.9 Å². The van der Waals surface area contributed by atoms with Gasteiger partial charge in [0.1, 0.15) is 0 Å². The van der Waals surface area contributed by atoms with Crippen molar-refractivity contribution in [3.05, 3.63) is 65.2 Å². The van der Waals surface area contributed by atoms with Crippen LogP contribution < -0.4 is 10.6 Å². The van der Waals surface area contributed by atoms with Crippen molar-refractivity contribution < 1.29 is 4.74 Å². The van der Waals surface area contributed by atoms with Crippen LogP contribution in [0.2, 0.25) is 0 Å². The molecular weight excluding hydrogens is 272 g/mol. The zero-order valence-corrected chi connectivity index (χ0v) is 12.9. The van der Waals surface area contributed by atoms with Crippen molar-refractivity contribution in [3.63, 3.8) is 0 Å². The molecule has 2 saturated heterocycles. The van der Waals surface area contributed by atoms with Gasteiger partial charge < -0.3 is 15.4 Å². The molecule has 22 heavy (non-hydrogen) atoms. The van der Waals surface area contributed by atoms with E-state index in [1.54, 1.807) is 0 Å². The summed E-state index contributed by atoms with van der Waals surface area (Å²) >= 11 is 0. The van der Waals surface area contributed by atoms with E-state index in [-0.39, 0.29) is 6.10 Å². The molecule has 0 aromatic heterocycles. The number of fused-ring (bicyclic) bond motifs is 2. The summed E-state index contributed by atoms with van der Waals surface area (Å²) in [5.74, 6) is 0. The van der Waals surface area contributed by atoms with Gasteiger partial charge in [-0.15, -0.1) is 0 Å². The number of hydrogen-bond acceptors (Lipinski definition) is 3. The first-order valence-corrected chi connectivity index (χ1v) is 8.06. The second-order valence-corrected chi connectivity index (χ2v) is 6.39. The fourth-order valence-corrected chi connectivity index (χ4v) is 3.38. The second-order valence-electron chi connectivity index (χ2n) is 6.39. The molecule has 2 bridgehead atoms. The van der Waals surface area contributed by atoms with Crippen LogP contribution >= 0.6 is 0 Å². The van der Waals surface area contributed by atoms with E-state index in [9.17, 15) is 0 Å². The molecule has 0 saturated carbocycles. The molecule has 3 atom stereocenters. The third kappa shape index (κ3) is 2.74. The molecule has 2 aromatic carbocycles. The predicted molar refractivity (Wildman–Crippen MR) is 89.0 cm³/mol. The first-order chi connectivity index (χ1) is 10.8. The largest absolute Gasteiger partial charge is 0.381 e. The molecule has 2 heterocycles. The van der Waals surface area contributed by atoms with Crippen LogP contribution in [-0.4, -0.2) is 18.7 Å². The molecule has 0 spiro atoms. The maximum absolute atomic E-state index is 6.04. The van der Waals surface area contributed by atoms with Gasteiger partial charge in [-0.3, -0.25) is 0 Å². The van der Waals surface area contributed by atoms with Crippen LogP contribution in [0.5, 0.6) is 0 Å². The average Bonchev–Trinajstić information content (AvgIpc) is 3.18. The number of aryl methyl sites for hydroxylation is 1. The van der Waals surface area contributed by atoms with Gasteiger partial charge in [0.25, 0.3) is 0 Å². The van der Waals surface area contributed by atoms with Crippen molar-refractivity contribution in [1.29, 1.82) is 0 Å². The lowest BCUT2D eigenvalue weighted by molar-refractivity contribution is 0.0160. The van der Waals surface area contributed by atoms with Crippen LogP contribution in [-0.2, 0) is 11.3 Å². The quantitative estimate of drug-likeness (QED) is 0.906. The third-order valence-corrected chi connectivity index (χ3v) is 4.69. The zero-order chi connectivity index (χ0) is 14.9. The maximum Gasteiger partial charge on any atom is 0.0983 e. The number of nitrogens with one attached hydrogen (secondary N) is 2. The lowest BCUT2D eigenvalue weighted by Crippen LogP contribution is -2.33. The highest BCUT2D eigenvalue weighted by molar-refractivity contribution is 5.46. The predicted octanol–water partition coefficient (Wildman–Crippen LogP) is 3.41. The summed E-state index contributed by atoms with van der Waals surface area (Å²) in [5, 5.41) is 7.01. The van der Waals surface area contributed by atoms with Crippen LogP contribution in [0.1, 0.15) is 29.2 Å². The summed E-state index contributed by atoms with van der Waals surface area (Å²) in [7, 11) is 0. The third-order valence-electron chi connectivity index (χ3n) is 4.69. The molecular formula is C19H22N2O. The van der Waals surface area contributed by atoms with Crippen LogP contribution in [0.25, 0.3) is 0 Å². The normalized spacial score (nSPS) is 26.3. The van der Waals surface area contributed by atoms with E-state index in [1.165, 1.54) is 16.7 Å². The van der Waals surface area contributed by atoms with Crippen molar-refractivity contribution in [3.8, 4) is 0 Å². The number of ether oxygens (including phenoxy) is 1. The highest BCUT2D eigenvalue weighted by atomic mass is 16.5. The molecule has 3 heteroatoms. The van der Waals surface area contributed by atoms with Gasteiger partial charge in [0.15, 0.2) is 0 Å². The average molecular weight is 294 g/mol. The number of hydrogen-bond donors (Lipinski definition) is 2. The highest BCUT2D eigenvalue weighted by Crippen LogP contribution is 2.37. The molecule has 2 aromatic rings. The summed E-state index contributed by atoms with van der Waals surface area (Å²) in [6.45, 7) is 3.98. The molecule has 0 radical (unpaired) electrons. The standard InChI is InChI=1S/C19H22N2O/c1-13-2-4-14(5-3-13)11-20-16-8-6-15(7-9-16)19-18-10-17(22-19)12-21-18/h2-9,17-21H,10-12H2,1H3/t17-,18?,19+/m0/s1. The van der Waals surface area contributed by atoms with E-state index < -0.39 is 0 Å². The van der Waals surface area contributed by atoms with Gasteiger partial charge in [-0.25, -0.2) is 0 Å². The topological polar surface area (TPSA) is 33.3 Å². The molecule has 2 N–H and O–H groups in total. The van der Waals surface area contributed by atoms with Gasteiger partial charge in [-0.1, -0.05) is 42.0 Å². The van der Waals surface area contributed by atoms with Crippen LogP contribution in [0.3, 0.4) is 0 Å². The van der Waals surface area contributed by atoms with Gasteiger partial charge >= 0.3 is 0 Å². The Morgan fingerprint density at radius 3 is 2.50 bits per heavy atom. The fraction of sp³-hybridized carbons (Fsp3) is 0.368. The van der Waals surface area contributed by atoms with E-state index >= 15 is 0 Å². The van der Waals surface area contributed by atoms with Gasteiger partial charge in [0, 0.05) is 24.8 Å². The van der Waals surface area contributed by atoms with E-state index in [4.69, 9.17) is 4.74 Å². The summed E-state index contributed by atoms with van der Waals surface area (Å²) in [5.41, 5.74) is 5.03. The lowest BCUT2D eigenvalue weighted by Gasteiger charge is -2.23. The second kappa shape index (κ2) is 5.75. The van der Waals surface area contributed by atoms with Gasteiger partial charge in [-0.2, -0.15) is 0 Å². The first kappa shape index (κ1) is 13.8. The number of morpholine rings is 1. The van der Waals surface area contributed by atoms with Crippen LogP contribution in [0.4, 0.5) is 5.69 Å². The Balaban J connectivity index is 1.38. The molecule has 2 fully saturated rings. The van der Waals surface area contributed by atoms with Gasteiger partial charge in [0.05, 0.1) is 12.2 Å². The van der Waals surface area contributed by atoms with E-state index in [1.807, 2.05) is 0 Å². The minimum atomic E-state index is 0.227. The molecule has 2 aliphatic heterocycles. The van der Waals surface area contributed by atoms with E-state index in [0.717, 1.165) is 25.2 Å². The molecule has 114 valence electrons. The molecule has 0 aliphatic carbocycles. The number of benzene rings is 2. The molecule has 3 nitrogen and oxygen atoms in total. The maximum atomic E-state index is 6.04. The lowest BCUT2D eigenvalue weighted by atomic mass is 10.0. The van der Waals surface area contributed by atoms with Gasteiger partial charge in [-0.05, 0) is 36.6 Å². The smallest absolute Gasteiger partial charge is 0.0983 e. The minimum Gasteiger partial charge on any atom is -0.381 e. The number of rotatable bonds is 4. The van der Waals surface area contributed by atoms with Crippen molar-refractivity contribution in [2.45, 2.75) is 38.1 Å². The summed E-state index contributed by atoms with van der Waals surface area (Å²) in [6, 6.07) is 17.8. The Morgan fingerprint density at radius 1 is 1.09 bits per heavy atom. The molecule has 4 rings (SSSR count). The molecule has 0 amide bonds. The Morgan fingerprint density at radius 2 is 1.86 bits per heavy atom. The fourth-order valence-electron chi connectivity index (χ4n) is 3.38. The monoisotopic (exact) mass is 294 g/mol. The van der Waals surface area contributed by atoms with Crippen molar-refractivity contribution in [1.82, 2.24) is 5.32 Å². The minimum absolute atomic E-state index is 0.227. The van der Waals surface area contributed by atoms with Crippen molar-refractivity contribution >= 4 is 5.69 Å². The van der Waals surface area contributed by atoms with E-state index in [2.05, 4.69) is 66.1 Å². The number of anilines is 1. The first-order valence-electron chi connectivity index (χ1n) is 8.06. The highest BCUT2D eigenvalue weighted by Gasteiger charge is 2.41. The van der Waals surface area contributed by atoms with Gasteiger partial charge in [0.2, 0.25) is 0 Å². The summed E-state index contributed by atoms with van der Waals surface area (Å²) in [4.78, 5) is 0. The summed E-state index contributed by atoms with van der Waals surface area (Å²) < 4.78 is 6.04. The van der Waals surface area contributed by atoms with Crippen LogP contribution in [0, 0.1) is 6.92 Å². The Labute approximate surface area is 131 Å². The molecule has 2 aliphatic rings. The SMILES string of the molecule is Cc1ccc(CNc2ccc([C@H]3O[C@@H]4CNC3C4)cc2)cc1. The Hall–Kier alpha value is -1.84. The van der Waals surface area contributed by atoms with Crippen LogP contribution in [0.15, 0.2) is 48.5 Å².